The van der Waals surface area contributed by atoms with Crippen LogP contribution in [-0.4, -0.2) is 23.5 Å². The summed E-state index contributed by atoms with van der Waals surface area (Å²) in [5, 5.41) is 18.3. The first kappa shape index (κ1) is 19.9. The average molecular weight is 384 g/mol. The molecule has 154 valence electrons. The zero-order chi connectivity index (χ0) is 20.1. The van der Waals surface area contributed by atoms with E-state index in [9.17, 15) is 5.11 Å². The smallest absolute Gasteiger partial charge is 0.112 e. The summed E-state index contributed by atoms with van der Waals surface area (Å²) in [5.41, 5.74) is 2.38. The molecule has 3 nitrogen and oxygen atoms in total. The molecule has 0 heterocycles. The van der Waals surface area contributed by atoms with Crippen molar-refractivity contribution in [2.75, 3.05) is 6.61 Å². The number of aliphatic hydroxyl groups is 1. The van der Waals surface area contributed by atoms with Gasteiger partial charge in [-0.05, 0) is 86.7 Å². The SMILES string of the molecule is C=CC(=C)OC1C(C)CC2C3CC(CO)C4=CC(=N)CCC4C3CCC21CC. The van der Waals surface area contributed by atoms with Gasteiger partial charge in [0.2, 0.25) is 0 Å². The van der Waals surface area contributed by atoms with E-state index in [4.69, 9.17) is 10.1 Å². The van der Waals surface area contributed by atoms with E-state index in [0.717, 1.165) is 37.3 Å². The van der Waals surface area contributed by atoms with E-state index >= 15 is 0 Å². The summed E-state index contributed by atoms with van der Waals surface area (Å²) < 4.78 is 6.39. The second-order valence-electron chi connectivity index (χ2n) is 9.91. The molecule has 0 aliphatic heterocycles. The van der Waals surface area contributed by atoms with Crippen molar-refractivity contribution in [3.63, 3.8) is 0 Å². The maximum absolute atomic E-state index is 10.2. The van der Waals surface area contributed by atoms with E-state index in [1.54, 1.807) is 6.08 Å². The largest absolute Gasteiger partial charge is 0.490 e. The summed E-state index contributed by atoms with van der Waals surface area (Å²) in [6.45, 7) is 12.8. The standard InChI is InChI=1S/C25H37NO2/c1-5-16(4)28-24-15(3)11-23-22-12-17(14-27)21-13-18(26)7-8-19(21)20(22)9-10-25(23,24)6-2/h5,13,15,17,19-20,22-24,26-27H,1,4,6-12,14H2,2-3H3. The van der Waals surface area contributed by atoms with Crippen LogP contribution < -0.4 is 0 Å². The predicted octanol–water partition coefficient (Wildman–Crippen LogP) is 5.52. The minimum absolute atomic E-state index is 0.230. The van der Waals surface area contributed by atoms with Crippen LogP contribution in [0.4, 0.5) is 0 Å². The second-order valence-corrected chi connectivity index (χ2v) is 9.91. The van der Waals surface area contributed by atoms with Gasteiger partial charge in [0.15, 0.2) is 0 Å². The maximum Gasteiger partial charge on any atom is 0.112 e. The van der Waals surface area contributed by atoms with Crippen LogP contribution in [0.1, 0.15) is 58.8 Å². The molecule has 0 spiro atoms. The van der Waals surface area contributed by atoms with Gasteiger partial charge in [0.1, 0.15) is 11.9 Å². The van der Waals surface area contributed by atoms with Crippen molar-refractivity contribution in [1.29, 1.82) is 5.41 Å². The fourth-order valence-electron chi connectivity index (χ4n) is 7.72. The number of aliphatic hydroxyl groups excluding tert-OH is 1. The molecular weight excluding hydrogens is 346 g/mol. The quantitative estimate of drug-likeness (QED) is 0.485. The lowest BCUT2D eigenvalue weighted by molar-refractivity contribution is -0.0871. The molecule has 3 fully saturated rings. The minimum Gasteiger partial charge on any atom is -0.490 e. The molecule has 8 atom stereocenters. The Hall–Kier alpha value is -1.35. The molecule has 0 radical (unpaired) electrons. The Morgan fingerprint density at radius 1 is 1.36 bits per heavy atom. The minimum atomic E-state index is 0.230. The van der Waals surface area contributed by atoms with Gasteiger partial charge in [0, 0.05) is 23.7 Å². The number of rotatable bonds is 5. The van der Waals surface area contributed by atoms with Crippen molar-refractivity contribution < 1.29 is 9.84 Å². The Balaban J connectivity index is 1.67. The monoisotopic (exact) mass is 383 g/mol. The zero-order valence-corrected chi connectivity index (χ0v) is 17.6. The van der Waals surface area contributed by atoms with E-state index in [0.29, 0.717) is 29.4 Å². The maximum atomic E-state index is 10.2. The lowest BCUT2D eigenvalue weighted by Gasteiger charge is -2.56. The third-order valence-corrected chi connectivity index (χ3v) is 8.88. The van der Waals surface area contributed by atoms with Gasteiger partial charge in [-0.2, -0.15) is 0 Å². The van der Waals surface area contributed by atoms with Crippen molar-refractivity contribution in [3.8, 4) is 0 Å². The molecule has 4 aliphatic rings. The van der Waals surface area contributed by atoms with Crippen molar-refractivity contribution in [2.45, 2.75) is 64.9 Å². The summed E-state index contributed by atoms with van der Waals surface area (Å²) in [4.78, 5) is 0. The Bertz CT molecular complexity index is 695. The Morgan fingerprint density at radius 2 is 2.14 bits per heavy atom. The summed E-state index contributed by atoms with van der Waals surface area (Å²) >= 11 is 0. The van der Waals surface area contributed by atoms with Crippen LogP contribution in [0.5, 0.6) is 0 Å². The normalized spacial score (nSPS) is 44.8. The molecule has 4 rings (SSSR count). The summed E-state index contributed by atoms with van der Waals surface area (Å²) in [6.07, 6.45) is 12.1. The summed E-state index contributed by atoms with van der Waals surface area (Å²) in [7, 11) is 0. The van der Waals surface area contributed by atoms with Gasteiger partial charge >= 0.3 is 0 Å². The highest BCUT2D eigenvalue weighted by Crippen LogP contribution is 2.65. The Labute approximate surface area is 170 Å². The van der Waals surface area contributed by atoms with Gasteiger partial charge in [-0.25, -0.2) is 0 Å². The van der Waals surface area contributed by atoms with E-state index < -0.39 is 0 Å². The number of hydrogen-bond acceptors (Lipinski definition) is 3. The van der Waals surface area contributed by atoms with Gasteiger partial charge in [0.05, 0.1) is 0 Å². The van der Waals surface area contributed by atoms with Gasteiger partial charge < -0.3 is 15.3 Å². The number of hydrogen-bond donors (Lipinski definition) is 2. The first-order valence-corrected chi connectivity index (χ1v) is 11.3. The molecule has 0 aromatic carbocycles. The molecule has 0 bridgehead atoms. The number of ether oxygens (including phenoxy) is 1. The van der Waals surface area contributed by atoms with E-state index in [1.807, 2.05) is 0 Å². The molecule has 0 amide bonds. The summed E-state index contributed by atoms with van der Waals surface area (Å²) in [6, 6.07) is 0. The van der Waals surface area contributed by atoms with Gasteiger partial charge in [0.25, 0.3) is 0 Å². The van der Waals surface area contributed by atoms with Gasteiger partial charge in [-0.1, -0.05) is 32.6 Å². The molecule has 8 unspecified atom stereocenters. The second kappa shape index (κ2) is 7.48. The van der Waals surface area contributed by atoms with E-state index in [-0.39, 0.29) is 24.0 Å². The van der Waals surface area contributed by atoms with Crippen LogP contribution in [0.15, 0.2) is 36.6 Å². The highest BCUT2D eigenvalue weighted by molar-refractivity contribution is 5.93. The molecule has 2 N–H and O–H groups in total. The lowest BCUT2D eigenvalue weighted by atomic mass is 9.49. The third kappa shape index (κ3) is 2.93. The third-order valence-electron chi connectivity index (χ3n) is 8.88. The van der Waals surface area contributed by atoms with Crippen LogP contribution in [-0.2, 0) is 4.74 Å². The molecule has 3 saturated carbocycles. The van der Waals surface area contributed by atoms with E-state index in [2.05, 4.69) is 33.1 Å². The molecule has 3 heteroatoms. The molecule has 4 aliphatic carbocycles. The first-order chi connectivity index (χ1) is 13.4. The molecule has 0 aromatic heterocycles. The average Bonchev–Trinajstić information content (AvgIpc) is 2.99. The van der Waals surface area contributed by atoms with Crippen molar-refractivity contribution in [1.82, 2.24) is 0 Å². The van der Waals surface area contributed by atoms with Crippen LogP contribution in [0.2, 0.25) is 0 Å². The Morgan fingerprint density at radius 3 is 2.82 bits per heavy atom. The first-order valence-electron chi connectivity index (χ1n) is 11.3. The van der Waals surface area contributed by atoms with Gasteiger partial charge in [-0.15, -0.1) is 0 Å². The zero-order valence-electron chi connectivity index (χ0n) is 17.6. The molecular formula is C25H37NO2. The van der Waals surface area contributed by atoms with Crippen molar-refractivity contribution in [2.24, 2.45) is 40.9 Å². The molecule has 0 saturated heterocycles. The topological polar surface area (TPSA) is 53.3 Å². The Kier molecular flexibility index (Phi) is 5.33. The van der Waals surface area contributed by atoms with Crippen molar-refractivity contribution in [3.05, 3.63) is 36.6 Å². The molecule has 28 heavy (non-hydrogen) atoms. The van der Waals surface area contributed by atoms with E-state index in [1.165, 1.54) is 24.8 Å². The lowest BCUT2D eigenvalue weighted by Crippen LogP contribution is -2.51. The van der Waals surface area contributed by atoms with Crippen LogP contribution in [0, 0.1) is 46.3 Å². The van der Waals surface area contributed by atoms with Crippen LogP contribution >= 0.6 is 0 Å². The predicted molar refractivity (Wildman–Crippen MR) is 114 cm³/mol. The van der Waals surface area contributed by atoms with Gasteiger partial charge in [-0.3, -0.25) is 0 Å². The fraction of sp³-hybridized carbons (Fsp3) is 0.720. The summed E-state index contributed by atoms with van der Waals surface area (Å²) in [5.74, 6) is 4.14. The number of fused-ring (bicyclic) bond motifs is 5. The van der Waals surface area contributed by atoms with Crippen LogP contribution in [0.3, 0.4) is 0 Å². The highest BCUT2D eigenvalue weighted by Gasteiger charge is 2.61. The fourth-order valence-corrected chi connectivity index (χ4v) is 7.72. The van der Waals surface area contributed by atoms with Crippen LogP contribution in [0.25, 0.3) is 0 Å². The van der Waals surface area contributed by atoms with Crippen molar-refractivity contribution >= 4 is 5.71 Å². The number of nitrogens with one attached hydrogen (secondary N) is 1. The number of allylic oxidation sites excluding steroid dienone is 2. The molecule has 0 aromatic rings. The highest BCUT2D eigenvalue weighted by atomic mass is 16.5.